The lowest BCUT2D eigenvalue weighted by molar-refractivity contribution is -0.274. The molecule has 0 aromatic heterocycles. The normalized spacial score (nSPS) is 17.5. The average Bonchev–Trinajstić information content (AvgIpc) is 2.82. The lowest BCUT2D eigenvalue weighted by atomic mass is 9.92. The van der Waals surface area contributed by atoms with Crippen LogP contribution >= 0.6 is 0 Å². The van der Waals surface area contributed by atoms with Gasteiger partial charge in [0.15, 0.2) is 0 Å². The van der Waals surface area contributed by atoms with Crippen molar-refractivity contribution in [1.82, 2.24) is 5.32 Å². The van der Waals surface area contributed by atoms with E-state index in [0.717, 1.165) is 12.1 Å². The molecule has 7 nitrogen and oxygen atoms in total. The van der Waals surface area contributed by atoms with Crippen LogP contribution in [0.25, 0.3) is 0 Å². The molecule has 0 radical (unpaired) electrons. The van der Waals surface area contributed by atoms with E-state index in [1.54, 1.807) is 13.8 Å². The Kier molecular flexibility index (Phi) is 9.23. The van der Waals surface area contributed by atoms with Crippen molar-refractivity contribution in [1.29, 1.82) is 0 Å². The predicted molar refractivity (Wildman–Crippen MR) is 124 cm³/mol. The summed E-state index contributed by atoms with van der Waals surface area (Å²) in [4.78, 5) is 26.2. The Bertz CT molecular complexity index is 1230. The van der Waals surface area contributed by atoms with Gasteiger partial charge in [-0.05, 0) is 62.2 Å². The van der Waals surface area contributed by atoms with Gasteiger partial charge in [-0.2, -0.15) is 26.3 Å². The summed E-state index contributed by atoms with van der Waals surface area (Å²) >= 11 is 0. The van der Waals surface area contributed by atoms with Gasteiger partial charge in [-0.15, -0.1) is 13.2 Å². The van der Waals surface area contributed by atoms with E-state index < -0.39 is 78.5 Å². The first-order valence-corrected chi connectivity index (χ1v) is 12.0. The standard InChI is InChI=1S/C25H23F9N2O5/c1-3-39-22(38)36-13(2)8-19(18-12-17(4-5-20(18)36)41-25(32,33)34)35-21(37)40-7-6-14-9-15(23(26,27)28)11-16(10-14)24(29,30)31/h4-5,9-13,19H,3,6-8H2,1-2H3,(H,35,37). The third kappa shape index (κ3) is 8.33. The quantitative estimate of drug-likeness (QED) is 0.349. The zero-order valence-corrected chi connectivity index (χ0v) is 21.3. The van der Waals surface area contributed by atoms with Crippen LogP contribution in [0.1, 0.15) is 48.6 Å². The molecule has 1 heterocycles. The van der Waals surface area contributed by atoms with Crippen LogP contribution < -0.4 is 15.0 Å². The summed E-state index contributed by atoms with van der Waals surface area (Å²) in [5.41, 5.74) is -3.28. The molecule has 1 N–H and O–H groups in total. The van der Waals surface area contributed by atoms with Crippen LogP contribution in [0, 0.1) is 0 Å². The van der Waals surface area contributed by atoms with E-state index in [2.05, 4.69) is 10.1 Å². The Morgan fingerprint density at radius 3 is 2.07 bits per heavy atom. The molecule has 2 atom stereocenters. The number of carbonyl (C=O) groups is 2. The molecule has 2 aromatic rings. The first kappa shape index (κ1) is 31.7. The summed E-state index contributed by atoms with van der Waals surface area (Å²) in [6.45, 7) is 2.53. The number of rotatable bonds is 6. The van der Waals surface area contributed by atoms with Gasteiger partial charge in [-0.3, -0.25) is 4.90 Å². The highest BCUT2D eigenvalue weighted by molar-refractivity contribution is 5.90. The van der Waals surface area contributed by atoms with Crippen LogP contribution in [-0.2, 0) is 28.2 Å². The Labute approximate surface area is 227 Å². The molecule has 16 heteroatoms. The zero-order valence-electron chi connectivity index (χ0n) is 21.3. The second-order valence-corrected chi connectivity index (χ2v) is 8.92. The molecular formula is C25H23F9N2O5. The van der Waals surface area contributed by atoms with Gasteiger partial charge < -0.3 is 19.5 Å². The minimum atomic E-state index is -5.05. The maximum atomic E-state index is 13.1. The number of benzene rings is 2. The van der Waals surface area contributed by atoms with E-state index in [1.165, 1.54) is 11.0 Å². The van der Waals surface area contributed by atoms with Crippen LogP contribution in [0.4, 0.5) is 54.8 Å². The van der Waals surface area contributed by atoms with Gasteiger partial charge in [0.2, 0.25) is 0 Å². The first-order chi connectivity index (χ1) is 18.9. The molecule has 3 rings (SSSR count). The fourth-order valence-electron chi connectivity index (χ4n) is 4.26. The Morgan fingerprint density at radius 1 is 0.927 bits per heavy atom. The number of nitrogens with one attached hydrogen (secondary N) is 1. The van der Waals surface area contributed by atoms with Crippen LogP contribution in [0.5, 0.6) is 5.75 Å². The molecule has 0 bridgehead atoms. The molecule has 1 aliphatic heterocycles. The van der Waals surface area contributed by atoms with Gasteiger partial charge in [0, 0.05) is 18.0 Å². The molecule has 226 valence electrons. The van der Waals surface area contributed by atoms with Crippen LogP contribution in [0.15, 0.2) is 36.4 Å². The second-order valence-electron chi connectivity index (χ2n) is 8.92. The smallest absolute Gasteiger partial charge is 0.449 e. The molecule has 1 aliphatic rings. The lowest BCUT2D eigenvalue weighted by Gasteiger charge is -2.38. The number of nitrogens with zero attached hydrogens (tertiary/aromatic N) is 1. The molecule has 2 unspecified atom stereocenters. The number of hydrogen-bond donors (Lipinski definition) is 1. The summed E-state index contributed by atoms with van der Waals surface area (Å²) in [6, 6.07) is 2.45. The monoisotopic (exact) mass is 602 g/mol. The average molecular weight is 602 g/mol. The molecular weight excluding hydrogens is 579 g/mol. The van der Waals surface area contributed by atoms with Crippen molar-refractivity contribution in [3.63, 3.8) is 0 Å². The summed E-state index contributed by atoms with van der Waals surface area (Å²) in [7, 11) is 0. The summed E-state index contributed by atoms with van der Waals surface area (Å²) in [5.74, 6) is -0.639. The minimum absolute atomic E-state index is 0.0109. The van der Waals surface area contributed by atoms with Crippen molar-refractivity contribution in [2.24, 2.45) is 0 Å². The Balaban J connectivity index is 1.78. The highest BCUT2D eigenvalue weighted by Gasteiger charge is 2.38. The Hall–Kier alpha value is -3.85. The molecule has 41 heavy (non-hydrogen) atoms. The number of alkyl carbamates (subject to hydrolysis) is 1. The minimum Gasteiger partial charge on any atom is -0.449 e. The third-order valence-corrected chi connectivity index (χ3v) is 5.91. The molecule has 0 spiro atoms. The third-order valence-electron chi connectivity index (χ3n) is 5.91. The summed E-state index contributed by atoms with van der Waals surface area (Å²) in [6.07, 6.45) is -17.6. The zero-order chi connectivity index (χ0) is 30.8. The van der Waals surface area contributed by atoms with Gasteiger partial charge in [0.05, 0.1) is 36.1 Å². The topological polar surface area (TPSA) is 77.1 Å². The fourth-order valence-corrected chi connectivity index (χ4v) is 4.26. The van der Waals surface area contributed by atoms with Gasteiger partial charge in [0.1, 0.15) is 5.75 Å². The highest BCUT2D eigenvalue weighted by atomic mass is 19.4. The number of halogens is 9. The molecule has 0 saturated heterocycles. The van der Waals surface area contributed by atoms with Crippen LogP contribution in [0.2, 0.25) is 0 Å². The first-order valence-electron chi connectivity index (χ1n) is 12.0. The van der Waals surface area contributed by atoms with Crippen molar-refractivity contribution in [2.75, 3.05) is 18.1 Å². The second kappa shape index (κ2) is 11.9. The number of alkyl halides is 9. The lowest BCUT2D eigenvalue weighted by Crippen LogP contribution is -2.46. The van der Waals surface area contributed by atoms with Gasteiger partial charge in [0.25, 0.3) is 0 Å². The van der Waals surface area contributed by atoms with Crippen molar-refractivity contribution in [2.45, 2.75) is 57.5 Å². The number of ether oxygens (including phenoxy) is 3. The number of carbonyl (C=O) groups excluding carboxylic acids is 2. The predicted octanol–water partition coefficient (Wildman–Crippen LogP) is 7.39. The van der Waals surface area contributed by atoms with Crippen molar-refractivity contribution in [3.05, 3.63) is 58.7 Å². The maximum Gasteiger partial charge on any atom is 0.573 e. The van der Waals surface area contributed by atoms with E-state index in [1.807, 2.05) is 0 Å². The highest BCUT2D eigenvalue weighted by Crippen LogP contribution is 2.41. The number of anilines is 1. The summed E-state index contributed by atoms with van der Waals surface area (Å²) in [5, 5.41) is 2.41. The van der Waals surface area contributed by atoms with Crippen LogP contribution in [-0.4, -0.2) is 37.8 Å². The van der Waals surface area contributed by atoms with E-state index in [-0.39, 0.29) is 30.3 Å². The SMILES string of the molecule is CCOC(=O)N1c2ccc(OC(F)(F)F)cc2C(NC(=O)OCCc2cc(C(F)(F)F)cc(C(F)(F)F)c2)CC1C. The molecule has 0 fully saturated rings. The van der Waals surface area contributed by atoms with E-state index in [9.17, 15) is 49.1 Å². The molecule has 2 aromatic carbocycles. The summed E-state index contributed by atoms with van der Waals surface area (Å²) < 4.78 is 131. The van der Waals surface area contributed by atoms with E-state index in [4.69, 9.17) is 9.47 Å². The Morgan fingerprint density at radius 2 is 1.54 bits per heavy atom. The van der Waals surface area contributed by atoms with Crippen molar-refractivity contribution < 1.29 is 63.3 Å². The van der Waals surface area contributed by atoms with Crippen molar-refractivity contribution >= 4 is 17.9 Å². The van der Waals surface area contributed by atoms with Gasteiger partial charge in [-0.25, -0.2) is 9.59 Å². The van der Waals surface area contributed by atoms with E-state index in [0.29, 0.717) is 12.1 Å². The van der Waals surface area contributed by atoms with Gasteiger partial charge in [-0.1, -0.05) is 0 Å². The number of hydrogen-bond acceptors (Lipinski definition) is 5. The van der Waals surface area contributed by atoms with Crippen molar-refractivity contribution in [3.8, 4) is 5.75 Å². The molecule has 2 amide bonds. The van der Waals surface area contributed by atoms with Gasteiger partial charge >= 0.3 is 30.9 Å². The van der Waals surface area contributed by atoms with Crippen LogP contribution in [0.3, 0.4) is 0 Å². The molecule has 0 saturated carbocycles. The number of amides is 2. The number of fused-ring (bicyclic) bond motifs is 1. The largest absolute Gasteiger partial charge is 0.573 e. The molecule has 0 aliphatic carbocycles. The van der Waals surface area contributed by atoms with E-state index >= 15 is 0 Å². The fraction of sp³-hybridized carbons (Fsp3) is 0.440. The maximum absolute atomic E-state index is 13.1.